The van der Waals surface area contributed by atoms with Crippen LogP contribution in [0.2, 0.25) is 0 Å². The van der Waals surface area contributed by atoms with Gasteiger partial charge < -0.3 is 19.8 Å². The summed E-state index contributed by atoms with van der Waals surface area (Å²) in [6.07, 6.45) is -0.510. The molecule has 5 aromatic rings. The van der Waals surface area contributed by atoms with Crippen molar-refractivity contribution in [3.05, 3.63) is 90.4 Å². The summed E-state index contributed by atoms with van der Waals surface area (Å²) in [5.74, 6) is -2.98. The van der Waals surface area contributed by atoms with E-state index in [0.717, 1.165) is 18.2 Å². The van der Waals surface area contributed by atoms with E-state index >= 15 is 0 Å². The predicted molar refractivity (Wildman–Crippen MR) is 148 cm³/mol. The lowest BCUT2D eigenvalue weighted by Gasteiger charge is -2.17. The summed E-state index contributed by atoms with van der Waals surface area (Å²) in [7, 11) is 1.52. The van der Waals surface area contributed by atoms with Crippen molar-refractivity contribution in [2.24, 2.45) is 0 Å². The Morgan fingerprint density at radius 2 is 1.81 bits per heavy atom. The SMILES string of the molecule is COCCOc1cc(F)nc2c(-c3ccccn3)c(-c3ccnc(NC(=O)C(CC(F)F)c4ccc(F)cc4)c3)[nH]c12. The van der Waals surface area contributed by atoms with Crippen LogP contribution in [0, 0.1) is 11.8 Å². The van der Waals surface area contributed by atoms with Crippen molar-refractivity contribution in [2.45, 2.75) is 18.8 Å². The summed E-state index contributed by atoms with van der Waals surface area (Å²) in [5, 5.41) is 2.60. The van der Waals surface area contributed by atoms with E-state index in [1.165, 1.54) is 25.4 Å². The number of hydrogen-bond donors (Lipinski definition) is 2. The number of nitrogens with zero attached hydrogens (tertiary/aromatic N) is 3. The summed E-state index contributed by atoms with van der Waals surface area (Å²) in [6, 6.07) is 14.4. The second kappa shape index (κ2) is 12.8. The fourth-order valence-electron chi connectivity index (χ4n) is 4.56. The van der Waals surface area contributed by atoms with Gasteiger partial charge in [-0.2, -0.15) is 4.39 Å². The molecule has 0 saturated carbocycles. The minimum Gasteiger partial charge on any atom is -0.489 e. The average Bonchev–Trinajstić information content (AvgIpc) is 3.36. The summed E-state index contributed by atoms with van der Waals surface area (Å²) >= 11 is 0. The molecule has 0 fully saturated rings. The number of nitrogens with one attached hydrogen (secondary N) is 2. The van der Waals surface area contributed by atoms with Gasteiger partial charge in [0, 0.05) is 37.6 Å². The number of alkyl halides is 2. The van der Waals surface area contributed by atoms with Gasteiger partial charge in [0.15, 0.2) is 0 Å². The summed E-state index contributed by atoms with van der Waals surface area (Å²) < 4.78 is 65.6. The molecule has 0 saturated heterocycles. The summed E-state index contributed by atoms with van der Waals surface area (Å²) in [4.78, 5) is 29.1. The minimum atomic E-state index is -2.77. The second-order valence-electron chi connectivity index (χ2n) is 9.25. The number of rotatable bonds is 11. The average molecular weight is 580 g/mol. The zero-order chi connectivity index (χ0) is 29.6. The number of H-pyrrole nitrogens is 1. The summed E-state index contributed by atoms with van der Waals surface area (Å²) in [5.41, 5.74) is 2.91. The maximum Gasteiger partial charge on any atom is 0.239 e. The Hall–Kier alpha value is -4.84. The lowest BCUT2D eigenvalue weighted by molar-refractivity contribution is -0.118. The van der Waals surface area contributed by atoms with E-state index in [4.69, 9.17) is 9.47 Å². The van der Waals surface area contributed by atoms with Crippen LogP contribution in [0.25, 0.3) is 33.5 Å². The molecule has 0 radical (unpaired) electrons. The quantitative estimate of drug-likeness (QED) is 0.107. The largest absolute Gasteiger partial charge is 0.489 e. The van der Waals surface area contributed by atoms with Gasteiger partial charge in [0.2, 0.25) is 18.3 Å². The first-order chi connectivity index (χ1) is 20.3. The molecular formula is C30H25F4N5O3. The lowest BCUT2D eigenvalue weighted by atomic mass is 9.95. The van der Waals surface area contributed by atoms with E-state index in [-0.39, 0.29) is 35.9 Å². The lowest BCUT2D eigenvalue weighted by Crippen LogP contribution is -2.23. The first kappa shape index (κ1) is 28.7. The predicted octanol–water partition coefficient (Wildman–Crippen LogP) is 6.37. The Morgan fingerprint density at radius 1 is 1.00 bits per heavy atom. The number of methoxy groups -OCH3 is 1. The molecule has 0 aliphatic rings. The van der Waals surface area contributed by atoms with Crippen LogP contribution in [0.1, 0.15) is 17.9 Å². The Balaban J connectivity index is 1.55. The molecule has 216 valence electrons. The highest BCUT2D eigenvalue weighted by Gasteiger charge is 2.26. The Kier molecular flexibility index (Phi) is 8.72. The Bertz CT molecular complexity index is 1680. The number of fused-ring (bicyclic) bond motifs is 1. The number of hydrogen-bond acceptors (Lipinski definition) is 6. The van der Waals surface area contributed by atoms with Gasteiger partial charge in [0.05, 0.1) is 29.5 Å². The zero-order valence-corrected chi connectivity index (χ0v) is 22.3. The van der Waals surface area contributed by atoms with Crippen LogP contribution in [0.15, 0.2) is 73.1 Å². The third kappa shape index (κ3) is 6.39. The van der Waals surface area contributed by atoms with Gasteiger partial charge in [-0.1, -0.05) is 18.2 Å². The molecule has 0 spiro atoms. The normalized spacial score (nSPS) is 12.0. The Labute approximate surface area is 237 Å². The van der Waals surface area contributed by atoms with Crippen molar-refractivity contribution in [2.75, 3.05) is 25.6 Å². The number of halogens is 4. The number of ether oxygens (including phenoxy) is 2. The molecule has 1 aromatic carbocycles. The van der Waals surface area contributed by atoms with Gasteiger partial charge >= 0.3 is 0 Å². The van der Waals surface area contributed by atoms with Crippen molar-refractivity contribution in [1.82, 2.24) is 19.9 Å². The first-order valence-electron chi connectivity index (χ1n) is 12.9. The number of anilines is 1. The number of benzene rings is 1. The van der Waals surface area contributed by atoms with Crippen molar-refractivity contribution in [3.8, 4) is 28.3 Å². The number of carbonyl (C=O) groups is 1. The van der Waals surface area contributed by atoms with Crippen LogP contribution in [0.5, 0.6) is 5.75 Å². The van der Waals surface area contributed by atoms with Gasteiger partial charge in [-0.15, -0.1) is 0 Å². The van der Waals surface area contributed by atoms with Gasteiger partial charge in [-0.25, -0.2) is 23.1 Å². The highest BCUT2D eigenvalue weighted by atomic mass is 19.3. The molecule has 4 aromatic heterocycles. The van der Waals surface area contributed by atoms with E-state index in [1.807, 2.05) is 0 Å². The fourth-order valence-corrected chi connectivity index (χ4v) is 4.56. The van der Waals surface area contributed by atoms with Gasteiger partial charge in [-0.05, 0) is 42.0 Å². The molecular weight excluding hydrogens is 554 g/mol. The third-order valence-electron chi connectivity index (χ3n) is 6.46. The van der Waals surface area contributed by atoms with E-state index < -0.39 is 36.4 Å². The van der Waals surface area contributed by atoms with Gasteiger partial charge in [0.25, 0.3) is 0 Å². The minimum absolute atomic E-state index is 0.0835. The van der Waals surface area contributed by atoms with Crippen molar-refractivity contribution in [1.29, 1.82) is 0 Å². The maximum atomic E-state index is 14.7. The monoisotopic (exact) mass is 579 g/mol. The van der Waals surface area contributed by atoms with E-state index in [2.05, 4.69) is 25.3 Å². The van der Waals surface area contributed by atoms with Crippen LogP contribution in [0.3, 0.4) is 0 Å². The van der Waals surface area contributed by atoms with E-state index in [1.54, 1.807) is 36.5 Å². The van der Waals surface area contributed by atoms with E-state index in [9.17, 15) is 22.4 Å². The molecule has 8 nitrogen and oxygen atoms in total. The maximum absolute atomic E-state index is 14.7. The molecule has 5 rings (SSSR count). The van der Waals surface area contributed by atoms with Crippen molar-refractivity contribution in [3.63, 3.8) is 0 Å². The number of aromatic amines is 1. The molecule has 4 heterocycles. The van der Waals surface area contributed by atoms with Crippen LogP contribution in [0.4, 0.5) is 23.4 Å². The van der Waals surface area contributed by atoms with Gasteiger partial charge in [0.1, 0.15) is 35.0 Å². The molecule has 2 N–H and O–H groups in total. The van der Waals surface area contributed by atoms with Crippen LogP contribution in [-0.2, 0) is 9.53 Å². The fraction of sp³-hybridized carbons (Fsp3) is 0.200. The number of amides is 1. The van der Waals surface area contributed by atoms with Crippen LogP contribution in [-0.4, -0.2) is 52.6 Å². The number of aromatic nitrogens is 4. The van der Waals surface area contributed by atoms with Crippen molar-refractivity contribution < 1.29 is 31.8 Å². The van der Waals surface area contributed by atoms with Crippen LogP contribution >= 0.6 is 0 Å². The number of carbonyl (C=O) groups excluding carboxylic acids is 1. The highest BCUT2D eigenvalue weighted by molar-refractivity contribution is 6.03. The standard InChI is InChI=1S/C30H25F4N5O3/c1-41-12-13-42-22-16-24(34)37-29-26(21-4-2-3-10-35-21)27(39-28(22)29)18-9-11-36-25(14-18)38-30(40)20(15-23(32)33)17-5-7-19(31)8-6-17/h2-11,14,16,20,23,39H,12-13,15H2,1H3,(H,36,38,40). The molecule has 0 aliphatic carbocycles. The molecule has 12 heteroatoms. The van der Waals surface area contributed by atoms with E-state index in [0.29, 0.717) is 28.0 Å². The van der Waals surface area contributed by atoms with Crippen LogP contribution < -0.4 is 10.1 Å². The van der Waals surface area contributed by atoms with Crippen molar-refractivity contribution >= 4 is 22.8 Å². The molecule has 1 unspecified atom stereocenters. The number of pyridine rings is 3. The molecule has 42 heavy (non-hydrogen) atoms. The topological polar surface area (TPSA) is 102 Å². The molecule has 1 amide bonds. The highest BCUT2D eigenvalue weighted by Crippen LogP contribution is 2.40. The Morgan fingerprint density at radius 3 is 2.52 bits per heavy atom. The second-order valence-corrected chi connectivity index (χ2v) is 9.25. The smallest absolute Gasteiger partial charge is 0.239 e. The third-order valence-corrected chi connectivity index (χ3v) is 6.46. The zero-order valence-electron chi connectivity index (χ0n) is 22.3. The molecule has 0 aliphatic heterocycles. The van der Waals surface area contributed by atoms with Gasteiger partial charge in [-0.3, -0.25) is 9.78 Å². The molecule has 1 atom stereocenters. The summed E-state index contributed by atoms with van der Waals surface area (Å²) in [6.45, 7) is 0.450. The molecule has 0 bridgehead atoms. The first-order valence-corrected chi connectivity index (χ1v) is 12.9.